The first-order valence-corrected chi connectivity index (χ1v) is 6.10. The highest BCUT2D eigenvalue weighted by Crippen LogP contribution is 2.14. The first kappa shape index (κ1) is 11.7. The number of anilines is 1. The summed E-state index contributed by atoms with van der Waals surface area (Å²) in [6.07, 6.45) is 5.23. The molecule has 0 aliphatic carbocycles. The van der Waals surface area contributed by atoms with Crippen molar-refractivity contribution in [1.82, 2.24) is 9.38 Å². The van der Waals surface area contributed by atoms with Crippen LogP contribution in [0.1, 0.15) is 10.4 Å². The standard InChI is InChI=1S/C14H10ClN3O/c15-11-2-4-12(5-3-11)17-14(19)10-1-6-13-16-7-8-18(13)9-10/h1-9H,(H,17,19). The van der Waals surface area contributed by atoms with E-state index in [0.29, 0.717) is 16.3 Å². The van der Waals surface area contributed by atoms with Gasteiger partial charge in [0.25, 0.3) is 5.91 Å². The quantitative estimate of drug-likeness (QED) is 0.778. The van der Waals surface area contributed by atoms with Crippen LogP contribution >= 0.6 is 11.6 Å². The van der Waals surface area contributed by atoms with E-state index < -0.39 is 0 Å². The second kappa shape index (κ2) is 4.74. The molecular weight excluding hydrogens is 262 g/mol. The number of carbonyl (C=O) groups is 1. The predicted molar refractivity (Wildman–Crippen MR) is 74.6 cm³/mol. The molecule has 19 heavy (non-hydrogen) atoms. The molecule has 0 spiro atoms. The van der Waals surface area contributed by atoms with E-state index in [2.05, 4.69) is 10.3 Å². The molecule has 1 aromatic carbocycles. The monoisotopic (exact) mass is 271 g/mol. The van der Waals surface area contributed by atoms with Crippen LogP contribution in [0.5, 0.6) is 0 Å². The number of benzene rings is 1. The van der Waals surface area contributed by atoms with E-state index in [4.69, 9.17) is 11.6 Å². The van der Waals surface area contributed by atoms with Gasteiger partial charge in [-0.15, -0.1) is 0 Å². The third-order valence-electron chi connectivity index (χ3n) is 2.75. The molecule has 0 fully saturated rings. The van der Waals surface area contributed by atoms with Gasteiger partial charge < -0.3 is 9.72 Å². The summed E-state index contributed by atoms with van der Waals surface area (Å²) in [7, 11) is 0. The minimum Gasteiger partial charge on any atom is -0.322 e. The molecule has 0 radical (unpaired) electrons. The summed E-state index contributed by atoms with van der Waals surface area (Å²) < 4.78 is 1.80. The largest absolute Gasteiger partial charge is 0.322 e. The molecule has 0 saturated heterocycles. The van der Waals surface area contributed by atoms with E-state index >= 15 is 0 Å². The van der Waals surface area contributed by atoms with Crippen molar-refractivity contribution in [2.24, 2.45) is 0 Å². The molecule has 2 aromatic heterocycles. The summed E-state index contributed by atoms with van der Waals surface area (Å²) in [4.78, 5) is 16.2. The lowest BCUT2D eigenvalue weighted by molar-refractivity contribution is 0.102. The number of pyridine rings is 1. The lowest BCUT2D eigenvalue weighted by atomic mass is 10.2. The Balaban J connectivity index is 1.84. The van der Waals surface area contributed by atoms with Gasteiger partial charge in [0, 0.05) is 29.3 Å². The highest BCUT2D eigenvalue weighted by atomic mass is 35.5. The maximum absolute atomic E-state index is 12.1. The molecular formula is C14H10ClN3O. The normalized spacial score (nSPS) is 10.6. The van der Waals surface area contributed by atoms with Crippen LogP contribution in [-0.4, -0.2) is 15.3 Å². The van der Waals surface area contributed by atoms with Crippen molar-refractivity contribution in [3.63, 3.8) is 0 Å². The van der Waals surface area contributed by atoms with E-state index in [1.54, 1.807) is 59.4 Å². The van der Waals surface area contributed by atoms with E-state index in [-0.39, 0.29) is 5.91 Å². The van der Waals surface area contributed by atoms with Crippen molar-refractivity contribution in [1.29, 1.82) is 0 Å². The van der Waals surface area contributed by atoms with Gasteiger partial charge in [-0.2, -0.15) is 0 Å². The Morgan fingerprint density at radius 2 is 1.95 bits per heavy atom. The van der Waals surface area contributed by atoms with Crippen molar-refractivity contribution < 1.29 is 4.79 Å². The van der Waals surface area contributed by atoms with Gasteiger partial charge >= 0.3 is 0 Å². The number of imidazole rings is 1. The van der Waals surface area contributed by atoms with Gasteiger partial charge in [-0.1, -0.05) is 11.6 Å². The SMILES string of the molecule is O=C(Nc1ccc(Cl)cc1)c1ccc2nccn2c1. The minimum absolute atomic E-state index is 0.169. The number of aromatic nitrogens is 2. The number of rotatable bonds is 2. The van der Waals surface area contributed by atoms with Crippen LogP contribution in [-0.2, 0) is 0 Å². The van der Waals surface area contributed by atoms with Crippen LogP contribution in [0.2, 0.25) is 5.02 Å². The molecule has 0 bridgehead atoms. The van der Waals surface area contributed by atoms with Gasteiger partial charge in [-0.3, -0.25) is 4.79 Å². The molecule has 1 amide bonds. The Labute approximate surface area is 114 Å². The molecule has 4 nitrogen and oxygen atoms in total. The summed E-state index contributed by atoms with van der Waals surface area (Å²) in [5, 5.41) is 3.45. The molecule has 0 aliphatic rings. The summed E-state index contributed by atoms with van der Waals surface area (Å²) in [5.74, 6) is -0.169. The van der Waals surface area contributed by atoms with Crippen molar-refractivity contribution in [3.8, 4) is 0 Å². The first-order valence-electron chi connectivity index (χ1n) is 5.72. The molecule has 1 N–H and O–H groups in total. The topological polar surface area (TPSA) is 46.4 Å². The highest BCUT2D eigenvalue weighted by Gasteiger charge is 2.07. The number of halogens is 1. The number of nitrogens with zero attached hydrogens (tertiary/aromatic N) is 2. The average Bonchev–Trinajstić information content (AvgIpc) is 2.88. The van der Waals surface area contributed by atoms with Gasteiger partial charge in [0.15, 0.2) is 0 Å². The highest BCUT2D eigenvalue weighted by molar-refractivity contribution is 6.30. The Bertz CT molecular complexity index is 734. The van der Waals surface area contributed by atoms with Gasteiger partial charge in [-0.25, -0.2) is 4.98 Å². The van der Waals surface area contributed by atoms with Gasteiger partial charge in [0.05, 0.1) is 5.56 Å². The van der Waals surface area contributed by atoms with E-state index in [0.717, 1.165) is 5.65 Å². The van der Waals surface area contributed by atoms with Crippen LogP contribution < -0.4 is 5.32 Å². The number of nitrogens with one attached hydrogen (secondary N) is 1. The Morgan fingerprint density at radius 3 is 2.74 bits per heavy atom. The van der Waals surface area contributed by atoms with E-state index in [1.807, 2.05) is 0 Å². The average molecular weight is 272 g/mol. The Kier molecular flexibility index (Phi) is 2.93. The minimum atomic E-state index is -0.169. The zero-order chi connectivity index (χ0) is 13.2. The van der Waals surface area contributed by atoms with E-state index in [1.165, 1.54) is 0 Å². The zero-order valence-corrected chi connectivity index (χ0v) is 10.6. The number of hydrogen-bond donors (Lipinski definition) is 1. The molecule has 3 aromatic rings. The fourth-order valence-corrected chi connectivity index (χ4v) is 1.92. The molecule has 0 atom stereocenters. The second-order valence-electron chi connectivity index (χ2n) is 4.07. The van der Waals surface area contributed by atoms with Crippen molar-refractivity contribution in [2.45, 2.75) is 0 Å². The van der Waals surface area contributed by atoms with Crippen LogP contribution in [0.3, 0.4) is 0 Å². The summed E-state index contributed by atoms with van der Waals surface area (Å²) in [6.45, 7) is 0. The molecule has 3 rings (SSSR count). The van der Waals surface area contributed by atoms with Crippen molar-refractivity contribution in [2.75, 3.05) is 5.32 Å². The maximum atomic E-state index is 12.1. The smallest absolute Gasteiger partial charge is 0.257 e. The number of fused-ring (bicyclic) bond motifs is 1. The summed E-state index contributed by atoms with van der Waals surface area (Å²) >= 11 is 5.80. The van der Waals surface area contributed by atoms with Crippen molar-refractivity contribution in [3.05, 3.63) is 65.6 Å². The van der Waals surface area contributed by atoms with Gasteiger partial charge in [-0.05, 0) is 36.4 Å². The third-order valence-corrected chi connectivity index (χ3v) is 3.01. The van der Waals surface area contributed by atoms with Crippen LogP contribution in [0.25, 0.3) is 5.65 Å². The number of amides is 1. The predicted octanol–water partition coefficient (Wildman–Crippen LogP) is 3.24. The summed E-state index contributed by atoms with van der Waals surface area (Å²) in [6, 6.07) is 10.5. The number of carbonyl (C=O) groups excluding carboxylic acids is 1. The fourth-order valence-electron chi connectivity index (χ4n) is 1.79. The Hall–Kier alpha value is -2.33. The fraction of sp³-hybridized carbons (Fsp3) is 0. The van der Waals surface area contributed by atoms with Gasteiger partial charge in [0.1, 0.15) is 5.65 Å². The lowest BCUT2D eigenvalue weighted by Crippen LogP contribution is -2.12. The van der Waals surface area contributed by atoms with Crippen LogP contribution in [0.4, 0.5) is 5.69 Å². The molecule has 0 unspecified atom stereocenters. The van der Waals surface area contributed by atoms with Crippen LogP contribution in [0, 0.1) is 0 Å². The maximum Gasteiger partial charge on any atom is 0.257 e. The second-order valence-corrected chi connectivity index (χ2v) is 4.51. The molecule has 5 heteroatoms. The van der Waals surface area contributed by atoms with E-state index in [9.17, 15) is 4.79 Å². The van der Waals surface area contributed by atoms with Gasteiger partial charge in [0.2, 0.25) is 0 Å². The molecule has 0 saturated carbocycles. The Morgan fingerprint density at radius 1 is 1.16 bits per heavy atom. The molecule has 2 heterocycles. The van der Waals surface area contributed by atoms with Crippen LogP contribution in [0.15, 0.2) is 55.0 Å². The zero-order valence-electron chi connectivity index (χ0n) is 9.88. The molecule has 0 aliphatic heterocycles. The number of hydrogen-bond acceptors (Lipinski definition) is 2. The summed E-state index contributed by atoms with van der Waals surface area (Å²) in [5.41, 5.74) is 2.09. The third kappa shape index (κ3) is 2.44. The lowest BCUT2D eigenvalue weighted by Gasteiger charge is -2.05. The molecule has 94 valence electrons. The first-order chi connectivity index (χ1) is 9.22. The van der Waals surface area contributed by atoms with Crippen molar-refractivity contribution >= 4 is 28.8 Å².